The van der Waals surface area contributed by atoms with E-state index in [0.717, 1.165) is 5.56 Å². The lowest BCUT2D eigenvalue weighted by atomic mass is 9.94. The summed E-state index contributed by atoms with van der Waals surface area (Å²) in [6.07, 6.45) is 0. The molecule has 2 aromatic rings. The topological polar surface area (TPSA) is 77.1 Å². The van der Waals surface area contributed by atoms with E-state index >= 15 is 0 Å². The van der Waals surface area contributed by atoms with Crippen LogP contribution in [0.2, 0.25) is 0 Å². The molecule has 3 rings (SSSR count). The first-order chi connectivity index (χ1) is 14.1. The molecule has 0 radical (unpaired) electrons. The quantitative estimate of drug-likeness (QED) is 0.573. The van der Waals surface area contributed by atoms with Gasteiger partial charge < -0.3 is 19.5 Å². The first-order valence-electron chi connectivity index (χ1n) is 9.23. The molecule has 7 nitrogen and oxygen atoms in total. The number of carbonyl (C=O) groups is 2. The molecule has 2 aromatic carbocycles. The average Bonchev–Trinajstić information content (AvgIpc) is 2.74. The molecule has 0 aromatic heterocycles. The lowest BCUT2D eigenvalue weighted by Gasteiger charge is -2.35. The third-order valence-electron chi connectivity index (χ3n) is 4.69. The Morgan fingerprint density at radius 1 is 1.03 bits per heavy atom. The second-order valence-corrected chi connectivity index (χ2v) is 6.45. The van der Waals surface area contributed by atoms with E-state index in [1.807, 2.05) is 30.3 Å². The van der Waals surface area contributed by atoms with Crippen molar-refractivity contribution >= 4 is 17.7 Å². The molecule has 0 aliphatic carbocycles. The van der Waals surface area contributed by atoms with Crippen molar-refractivity contribution in [3.8, 4) is 5.75 Å². The molecule has 1 aliphatic rings. The van der Waals surface area contributed by atoms with Crippen LogP contribution in [0, 0.1) is 0 Å². The van der Waals surface area contributed by atoms with Crippen molar-refractivity contribution in [3.05, 3.63) is 71.4 Å². The normalized spacial score (nSPS) is 16.4. The van der Waals surface area contributed by atoms with Gasteiger partial charge >= 0.3 is 12.0 Å². The monoisotopic (exact) mass is 396 g/mol. The number of carbonyl (C=O) groups excluding carboxylic acids is 2. The summed E-state index contributed by atoms with van der Waals surface area (Å²) in [7, 11) is 3.11. The zero-order chi connectivity index (χ0) is 20.8. The molecule has 1 atom stereocenters. The summed E-state index contributed by atoms with van der Waals surface area (Å²) in [5, 5.41) is 2.93. The van der Waals surface area contributed by atoms with Gasteiger partial charge in [-0.3, -0.25) is 4.90 Å². The Bertz CT molecular complexity index is 893. The SMILES string of the molecule is COCCOC(=O)C1=C(C)N(c2ccc(OC)cc2)C(=O)NC1c1ccccc1. The van der Waals surface area contributed by atoms with Crippen LogP contribution in [-0.2, 0) is 14.3 Å². The minimum absolute atomic E-state index is 0.129. The molecular formula is C22H24N2O5. The molecule has 7 heteroatoms. The second kappa shape index (κ2) is 9.25. The van der Waals surface area contributed by atoms with Gasteiger partial charge in [0.25, 0.3) is 0 Å². The van der Waals surface area contributed by atoms with Crippen molar-refractivity contribution < 1.29 is 23.8 Å². The van der Waals surface area contributed by atoms with Gasteiger partial charge in [0.1, 0.15) is 12.4 Å². The van der Waals surface area contributed by atoms with Crippen molar-refractivity contribution in [3.63, 3.8) is 0 Å². The number of allylic oxidation sites excluding steroid dienone is 1. The molecule has 0 saturated carbocycles. The van der Waals surface area contributed by atoms with E-state index in [-0.39, 0.29) is 12.6 Å². The molecule has 1 N–H and O–H groups in total. The van der Waals surface area contributed by atoms with Crippen LogP contribution in [0.25, 0.3) is 0 Å². The molecule has 1 unspecified atom stereocenters. The smallest absolute Gasteiger partial charge is 0.338 e. The molecule has 1 heterocycles. The Labute approximate surface area is 169 Å². The summed E-state index contributed by atoms with van der Waals surface area (Å²) in [6.45, 7) is 2.17. The number of hydrogen-bond donors (Lipinski definition) is 1. The van der Waals surface area contributed by atoms with Gasteiger partial charge in [-0.05, 0) is 36.8 Å². The predicted molar refractivity (Wildman–Crippen MR) is 109 cm³/mol. The average molecular weight is 396 g/mol. The highest BCUT2D eigenvalue weighted by Gasteiger charge is 2.37. The van der Waals surface area contributed by atoms with Gasteiger partial charge in [-0.1, -0.05) is 30.3 Å². The number of benzene rings is 2. The van der Waals surface area contributed by atoms with E-state index in [4.69, 9.17) is 14.2 Å². The van der Waals surface area contributed by atoms with Gasteiger partial charge in [-0.2, -0.15) is 0 Å². The van der Waals surface area contributed by atoms with Gasteiger partial charge in [0.15, 0.2) is 0 Å². The lowest BCUT2D eigenvalue weighted by molar-refractivity contribution is -0.140. The summed E-state index contributed by atoms with van der Waals surface area (Å²) >= 11 is 0. The lowest BCUT2D eigenvalue weighted by Crippen LogP contribution is -2.48. The van der Waals surface area contributed by atoms with Gasteiger partial charge in [0.2, 0.25) is 0 Å². The van der Waals surface area contributed by atoms with Crippen LogP contribution in [0.5, 0.6) is 5.75 Å². The number of nitrogens with one attached hydrogen (secondary N) is 1. The second-order valence-electron chi connectivity index (χ2n) is 6.45. The van der Waals surface area contributed by atoms with Crippen LogP contribution < -0.4 is 15.0 Å². The Hall–Kier alpha value is -3.32. The van der Waals surface area contributed by atoms with Crippen molar-refractivity contribution in [2.45, 2.75) is 13.0 Å². The summed E-state index contributed by atoms with van der Waals surface area (Å²) in [5.41, 5.74) is 2.31. The van der Waals surface area contributed by atoms with E-state index in [1.165, 1.54) is 12.0 Å². The summed E-state index contributed by atoms with van der Waals surface area (Å²) in [6, 6.07) is 15.4. The van der Waals surface area contributed by atoms with Crippen LogP contribution in [0.3, 0.4) is 0 Å². The number of ether oxygens (including phenoxy) is 3. The number of esters is 1. The number of anilines is 1. The molecule has 2 amide bonds. The molecule has 1 aliphatic heterocycles. The van der Waals surface area contributed by atoms with Crippen LogP contribution in [0.1, 0.15) is 18.5 Å². The van der Waals surface area contributed by atoms with E-state index in [2.05, 4.69) is 5.32 Å². The van der Waals surface area contributed by atoms with Gasteiger partial charge in [0, 0.05) is 12.8 Å². The Balaban J connectivity index is 2.03. The predicted octanol–water partition coefficient (Wildman–Crippen LogP) is 3.43. The highest BCUT2D eigenvalue weighted by molar-refractivity contribution is 6.03. The van der Waals surface area contributed by atoms with E-state index < -0.39 is 12.0 Å². The van der Waals surface area contributed by atoms with Gasteiger partial charge in [0.05, 0.1) is 31.0 Å². The molecule has 29 heavy (non-hydrogen) atoms. The number of hydrogen-bond acceptors (Lipinski definition) is 5. The van der Waals surface area contributed by atoms with Crippen LogP contribution in [-0.4, -0.2) is 39.4 Å². The fraction of sp³-hybridized carbons (Fsp3) is 0.273. The highest BCUT2D eigenvalue weighted by atomic mass is 16.6. The molecule has 0 fully saturated rings. The van der Waals surface area contributed by atoms with Crippen molar-refractivity contribution in [1.29, 1.82) is 0 Å². The van der Waals surface area contributed by atoms with Crippen molar-refractivity contribution in [1.82, 2.24) is 5.32 Å². The highest BCUT2D eigenvalue weighted by Crippen LogP contribution is 2.34. The Morgan fingerprint density at radius 3 is 2.34 bits per heavy atom. The third-order valence-corrected chi connectivity index (χ3v) is 4.69. The van der Waals surface area contributed by atoms with Crippen LogP contribution in [0.4, 0.5) is 10.5 Å². The largest absolute Gasteiger partial charge is 0.497 e. The number of rotatable bonds is 7. The minimum Gasteiger partial charge on any atom is -0.497 e. The summed E-state index contributed by atoms with van der Waals surface area (Å²) < 4.78 is 15.5. The number of amides is 2. The zero-order valence-electron chi connectivity index (χ0n) is 16.7. The van der Waals surface area contributed by atoms with E-state index in [9.17, 15) is 9.59 Å². The van der Waals surface area contributed by atoms with Gasteiger partial charge in [-0.15, -0.1) is 0 Å². The maximum atomic E-state index is 12.9. The zero-order valence-corrected chi connectivity index (χ0v) is 16.7. The molecular weight excluding hydrogens is 372 g/mol. The summed E-state index contributed by atoms with van der Waals surface area (Å²) in [5.74, 6) is 0.182. The molecule has 0 spiro atoms. The third kappa shape index (κ3) is 4.41. The number of methoxy groups -OCH3 is 2. The Morgan fingerprint density at radius 2 is 1.72 bits per heavy atom. The van der Waals surface area contributed by atoms with E-state index in [1.54, 1.807) is 38.3 Å². The maximum Gasteiger partial charge on any atom is 0.338 e. The first kappa shape index (κ1) is 20.4. The molecule has 152 valence electrons. The Kier molecular flexibility index (Phi) is 6.51. The molecule has 0 saturated heterocycles. The van der Waals surface area contributed by atoms with Crippen LogP contribution in [0.15, 0.2) is 65.9 Å². The van der Waals surface area contributed by atoms with Crippen LogP contribution >= 0.6 is 0 Å². The van der Waals surface area contributed by atoms with Crippen molar-refractivity contribution in [2.24, 2.45) is 0 Å². The summed E-state index contributed by atoms with van der Waals surface area (Å²) in [4.78, 5) is 27.3. The first-order valence-corrected chi connectivity index (χ1v) is 9.23. The maximum absolute atomic E-state index is 12.9. The molecule has 0 bridgehead atoms. The fourth-order valence-electron chi connectivity index (χ4n) is 3.24. The fourth-order valence-corrected chi connectivity index (χ4v) is 3.24. The van der Waals surface area contributed by atoms with Gasteiger partial charge in [-0.25, -0.2) is 9.59 Å². The van der Waals surface area contributed by atoms with Crippen molar-refractivity contribution in [2.75, 3.05) is 32.3 Å². The number of urea groups is 1. The van der Waals surface area contributed by atoms with E-state index in [0.29, 0.717) is 29.3 Å². The number of nitrogens with zero attached hydrogens (tertiary/aromatic N) is 1. The standard InChI is InChI=1S/C22H24N2O5/c1-15-19(21(25)29-14-13-27-2)20(16-7-5-4-6-8-16)23-22(26)24(15)17-9-11-18(28-3)12-10-17/h4-12,20H,13-14H2,1-3H3,(H,23,26). The minimum atomic E-state index is -0.603.